The number of rotatable bonds is 20. The van der Waals surface area contributed by atoms with Gasteiger partial charge in [0.05, 0.1) is 75.3 Å². The lowest BCUT2D eigenvalue weighted by Gasteiger charge is -2.27. The molecule has 0 radical (unpaired) electrons. The predicted molar refractivity (Wildman–Crippen MR) is 202 cm³/mol. The summed E-state index contributed by atoms with van der Waals surface area (Å²) in [4.78, 5) is 54.6. The van der Waals surface area contributed by atoms with Crippen molar-refractivity contribution < 1.29 is 38.1 Å². The summed E-state index contributed by atoms with van der Waals surface area (Å²) < 4.78 is 24.3. The van der Waals surface area contributed by atoms with Crippen molar-refractivity contribution in [3.63, 3.8) is 0 Å². The van der Waals surface area contributed by atoms with Gasteiger partial charge in [0.15, 0.2) is 5.78 Å². The van der Waals surface area contributed by atoms with Crippen LogP contribution in [0.5, 0.6) is 0 Å². The Labute approximate surface area is 319 Å². The van der Waals surface area contributed by atoms with Crippen LogP contribution < -0.4 is 15.5 Å². The highest BCUT2D eigenvalue weighted by atomic mass is 16.6. The molecule has 55 heavy (non-hydrogen) atoms. The summed E-state index contributed by atoms with van der Waals surface area (Å²) in [6.07, 6.45) is 10.7. The molecule has 2 atom stereocenters. The number of imide groups is 1. The van der Waals surface area contributed by atoms with Crippen LogP contribution in [0.1, 0.15) is 79.2 Å². The SMILES string of the molecule is CC(C)NC(=O)O[C@@H]1CC[C@H](c2cc(CC(=O)c3cnn(CCOCCOCCOCCCc4ccc5c(N6CCC(=O)NC6=O)cncc5c4)c3)[nH]n2)C1. The first-order valence-electron chi connectivity index (χ1n) is 19.0. The van der Waals surface area contributed by atoms with Crippen molar-refractivity contribution in [2.75, 3.05) is 51.1 Å². The second-order valence-corrected chi connectivity index (χ2v) is 14.2. The maximum absolute atomic E-state index is 12.9. The number of nitrogens with one attached hydrogen (secondary N) is 3. The van der Waals surface area contributed by atoms with Gasteiger partial charge in [-0.1, -0.05) is 12.1 Å². The van der Waals surface area contributed by atoms with E-state index < -0.39 is 6.03 Å². The molecule has 1 aliphatic carbocycles. The number of urea groups is 1. The fraction of sp³-hybridized carbons (Fsp3) is 0.513. The van der Waals surface area contributed by atoms with Crippen LogP contribution in [-0.4, -0.2) is 107 Å². The minimum absolute atomic E-state index is 0.0269. The molecule has 6 rings (SSSR count). The average Bonchev–Trinajstić information content (AvgIpc) is 3.93. The highest BCUT2D eigenvalue weighted by Crippen LogP contribution is 2.35. The predicted octanol–water partition coefficient (Wildman–Crippen LogP) is 4.48. The molecule has 0 unspecified atom stereocenters. The Morgan fingerprint density at radius 2 is 1.78 bits per heavy atom. The van der Waals surface area contributed by atoms with Gasteiger partial charge in [0.1, 0.15) is 6.10 Å². The molecule has 2 aliphatic rings. The number of anilines is 1. The monoisotopic (exact) mass is 758 g/mol. The van der Waals surface area contributed by atoms with Crippen molar-refractivity contribution in [2.24, 2.45) is 0 Å². The van der Waals surface area contributed by atoms with Crippen molar-refractivity contribution >= 4 is 40.3 Å². The number of carbonyl (C=O) groups excluding carboxylic acids is 4. The highest BCUT2D eigenvalue weighted by Gasteiger charge is 2.31. The Bertz CT molecular complexity index is 1930. The van der Waals surface area contributed by atoms with Gasteiger partial charge < -0.3 is 24.3 Å². The number of nitrogens with zero attached hydrogens (tertiary/aromatic N) is 5. The van der Waals surface area contributed by atoms with E-state index in [1.54, 1.807) is 34.4 Å². The number of H-pyrrole nitrogens is 1. The van der Waals surface area contributed by atoms with E-state index in [1.807, 2.05) is 32.0 Å². The van der Waals surface area contributed by atoms with E-state index in [-0.39, 0.29) is 48.7 Å². The van der Waals surface area contributed by atoms with Gasteiger partial charge in [-0.05, 0) is 63.6 Å². The van der Waals surface area contributed by atoms with Crippen molar-refractivity contribution in [3.05, 3.63) is 71.6 Å². The van der Waals surface area contributed by atoms with E-state index in [0.29, 0.717) is 70.4 Å². The molecular formula is C39H50N8O8. The zero-order chi connectivity index (χ0) is 38.6. The van der Waals surface area contributed by atoms with E-state index in [9.17, 15) is 19.2 Å². The van der Waals surface area contributed by atoms with Crippen molar-refractivity contribution in [3.8, 4) is 0 Å². The van der Waals surface area contributed by atoms with Gasteiger partial charge in [0, 0.05) is 60.4 Å². The van der Waals surface area contributed by atoms with E-state index >= 15 is 0 Å². The molecule has 3 N–H and O–H groups in total. The zero-order valence-electron chi connectivity index (χ0n) is 31.5. The summed E-state index contributed by atoms with van der Waals surface area (Å²) >= 11 is 0. The van der Waals surface area contributed by atoms with Crippen molar-refractivity contribution in [1.82, 2.24) is 35.6 Å². The molecule has 294 valence electrons. The lowest BCUT2D eigenvalue weighted by Crippen LogP contribution is -2.49. The first-order valence-corrected chi connectivity index (χ1v) is 19.0. The average molecular weight is 759 g/mol. The molecule has 1 saturated heterocycles. The number of pyridine rings is 1. The van der Waals surface area contributed by atoms with Crippen LogP contribution in [0.3, 0.4) is 0 Å². The topological polar surface area (TPSA) is 192 Å². The Morgan fingerprint density at radius 3 is 2.58 bits per heavy atom. The minimum Gasteiger partial charge on any atom is -0.446 e. The number of hydrogen-bond acceptors (Lipinski definition) is 11. The number of ether oxygens (including phenoxy) is 4. The molecule has 1 aromatic carbocycles. The lowest BCUT2D eigenvalue weighted by molar-refractivity contribution is -0.120. The fourth-order valence-electron chi connectivity index (χ4n) is 6.77. The number of fused-ring (bicyclic) bond motifs is 1. The fourth-order valence-corrected chi connectivity index (χ4v) is 6.77. The van der Waals surface area contributed by atoms with E-state index in [1.165, 1.54) is 0 Å². The summed E-state index contributed by atoms with van der Waals surface area (Å²) in [6.45, 7) is 7.52. The van der Waals surface area contributed by atoms with Crippen molar-refractivity contribution in [2.45, 2.75) is 83.4 Å². The molecule has 4 amide bonds. The molecule has 4 heterocycles. The van der Waals surface area contributed by atoms with E-state index in [0.717, 1.165) is 53.4 Å². The number of alkyl carbamates (subject to hydrolysis) is 1. The van der Waals surface area contributed by atoms with Gasteiger partial charge in [-0.3, -0.25) is 34.6 Å². The summed E-state index contributed by atoms with van der Waals surface area (Å²) in [5.41, 5.74) is 4.00. The molecule has 4 aromatic rings. The maximum atomic E-state index is 12.9. The second kappa shape index (κ2) is 19.4. The Balaban J connectivity index is 0.790. The number of aromatic nitrogens is 5. The van der Waals surface area contributed by atoms with Gasteiger partial charge in [0.2, 0.25) is 5.91 Å². The molecule has 3 aromatic heterocycles. The number of amides is 4. The van der Waals surface area contributed by atoms with Gasteiger partial charge in [-0.15, -0.1) is 0 Å². The summed E-state index contributed by atoms with van der Waals surface area (Å²) in [6, 6.07) is 7.66. The third-order valence-corrected chi connectivity index (χ3v) is 9.55. The Kier molecular flexibility index (Phi) is 13.9. The number of aryl methyl sites for hydroxylation is 1. The zero-order valence-corrected chi connectivity index (χ0v) is 31.5. The standard InChI is InChI=1S/C39H50N8O8/c1-26(2)42-39(51)55-32-7-6-28(19-32)34-20-31(44-45-34)21-36(48)30-23-41-46(25-30)11-13-53-15-17-54-16-14-52-12-3-4-27-5-8-33-29(18-27)22-40-24-35(33)47-10-9-37(49)43-38(47)50/h5,8,18,20,22-26,28,32H,3-4,6-7,9-17,19,21H2,1-2H3,(H,42,51)(H,44,45)(H,43,49,50)/t28-,32+/m0/s1. The van der Waals surface area contributed by atoms with Crippen LogP contribution in [0.25, 0.3) is 10.8 Å². The first-order chi connectivity index (χ1) is 26.7. The molecule has 16 heteroatoms. The number of Topliss-reactive ketones (excluding diaryl/α,β-unsaturated/α-hetero) is 1. The van der Waals surface area contributed by atoms with E-state index in [4.69, 9.17) is 18.9 Å². The number of ketones is 1. The maximum Gasteiger partial charge on any atom is 0.407 e. The highest BCUT2D eigenvalue weighted by molar-refractivity contribution is 6.09. The number of hydrogen-bond donors (Lipinski definition) is 3. The van der Waals surface area contributed by atoms with Gasteiger partial charge in [-0.25, -0.2) is 9.59 Å². The number of benzene rings is 1. The molecule has 2 fully saturated rings. The van der Waals surface area contributed by atoms with Crippen LogP contribution in [-0.2, 0) is 43.1 Å². The minimum atomic E-state index is -0.422. The third-order valence-electron chi connectivity index (χ3n) is 9.55. The first kappa shape index (κ1) is 39.5. The van der Waals surface area contributed by atoms with Gasteiger partial charge in [0.25, 0.3) is 0 Å². The van der Waals surface area contributed by atoms with Crippen molar-refractivity contribution in [1.29, 1.82) is 0 Å². The van der Waals surface area contributed by atoms with E-state index in [2.05, 4.69) is 37.0 Å². The molecule has 0 bridgehead atoms. The summed E-state index contributed by atoms with van der Waals surface area (Å²) in [7, 11) is 0. The smallest absolute Gasteiger partial charge is 0.407 e. The molecule has 16 nitrogen and oxygen atoms in total. The Morgan fingerprint density at radius 1 is 0.982 bits per heavy atom. The summed E-state index contributed by atoms with van der Waals surface area (Å²) in [5.74, 6) is -0.135. The molecule has 1 aliphatic heterocycles. The van der Waals surface area contributed by atoms with Gasteiger partial charge >= 0.3 is 12.1 Å². The van der Waals surface area contributed by atoms with Crippen LogP contribution in [0.4, 0.5) is 15.3 Å². The molecule has 0 spiro atoms. The van der Waals surface area contributed by atoms with Crippen LogP contribution in [0, 0.1) is 0 Å². The molecule has 1 saturated carbocycles. The largest absolute Gasteiger partial charge is 0.446 e. The number of carbonyl (C=O) groups is 4. The number of aromatic amines is 1. The second-order valence-electron chi connectivity index (χ2n) is 14.2. The lowest BCUT2D eigenvalue weighted by atomic mass is 10.0. The van der Waals surface area contributed by atoms with Crippen LogP contribution in [0.15, 0.2) is 49.1 Å². The van der Waals surface area contributed by atoms with Crippen LogP contribution in [0.2, 0.25) is 0 Å². The normalized spacial score (nSPS) is 17.3. The van der Waals surface area contributed by atoms with Gasteiger partial charge in [-0.2, -0.15) is 10.2 Å². The van der Waals surface area contributed by atoms with Crippen LogP contribution >= 0.6 is 0 Å². The Hall–Kier alpha value is -5.19. The summed E-state index contributed by atoms with van der Waals surface area (Å²) in [5, 5.41) is 18.7. The quantitative estimate of drug-likeness (QED) is 0.0851. The third kappa shape index (κ3) is 11.4. The molecular weight excluding hydrogens is 708 g/mol.